The molecule has 96 valence electrons. The summed E-state index contributed by atoms with van der Waals surface area (Å²) in [6.07, 6.45) is -7.94. The zero-order valence-corrected chi connectivity index (χ0v) is 8.48. The first kappa shape index (κ1) is 19.3. The minimum atomic E-state index is -2.19. The normalized spacial score (nSPS) is 17.3. The molecule has 0 heterocycles. The molecule has 5 N–H and O–H groups in total. The first-order chi connectivity index (χ1) is 7.31. The molecule has 17 heavy (non-hydrogen) atoms. The Morgan fingerprint density at radius 1 is 1.12 bits per heavy atom. The van der Waals surface area contributed by atoms with Crippen molar-refractivity contribution in [2.45, 2.75) is 31.3 Å². The maximum absolute atomic E-state index is 10.9. The van der Waals surface area contributed by atoms with Crippen LogP contribution in [0.5, 0.6) is 0 Å². The second kappa shape index (κ2) is 8.95. The Morgan fingerprint density at radius 2 is 1.59 bits per heavy atom. The van der Waals surface area contributed by atoms with Crippen molar-refractivity contribution in [2.24, 2.45) is 0 Å². The Hall–Kier alpha value is -0.0600. The Labute approximate surface area is 119 Å². The van der Waals surface area contributed by atoms with Crippen molar-refractivity contribution in [2.75, 3.05) is 6.61 Å². The van der Waals surface area contributed by atoms with Gasteiger partial charge in [0.1, 0.15) is 18.3 Å². The minimum absolute atomic E-state index is 0. The molecule has 0 spiro atoms. The summed E-state index contributed by atoms with van der Waals surface area (Å²) in [4.78, 5) is 21.3. The van der Waals surface area contributed by atoms with Gasteiger partial charge in [0.05, 0.1) is 6.61 Å². The Balaban J connectivity index is 0. The molecule has 0 aromatic rings. The summed E-state index contributed by atoms with van der Waals surface area (Å²) in [7, 11) is 0. The molecule has 0 aliphatic rings. The predicted octanol–water partition coefficient (Wildman–Crippen LogP) is -4.14. The first-order valence-corrected chi connectivity index (χ1v) is 4.36. The van der Waals surface area contributed by atoms with Gasteiger partial charge in [-0.15, -0.1) is 0 Å². The van der Waals surface area contributed by atoms with Crippen LogP contribution >= 0.6 is 0 Å². The van der Waals surface area contributed by atoms with E-state index in [1.54, 1.807) is 0 Å². The molecule has 0 bridgehead atoms. The standard InChI is InChI=1S/C8H14O8.Na.H/c1-3(10)16-8(15)7(14)6(13)5(12)4(11)2-9;;/h4-7,9,11-14H,2H2,1H3;;/t4-,5-,6+,7-;;/m1../s1. The number of ether oxygens (including phenoxy) is 1. The molecular formula is C8H15NaO8. The Kier molecular flexibility index (Phi) is 10.2. The summed E-state index contributed by atoms with van der Waals surface area (Å²) >= 11 is 0. The van der Waals surface area contributed by atoms with E-state index in [9.17, 15) is 14.7 Å². The van der Waals surface area contributed by atoms with Crippen LogP contribution in [0.3, 0.4) is 0 Å². The van der Waals surface area contributed by atoms with Crippen molar-refractivity contribution < 1.29 is 39.9 Å². The number of hydrogen-bond donors (Lipinski definition) is 5. The molecule has 0 rings (SSSR count). The molecule has 0 aliphatic heterocycles. The van der Waals surface area contributed by atoms with E-state index < -0.39 is 43.0 Å². The fraction of sp³-hybridized carbons (Fsp3) is 0.750. The van der Waals surface area contributed by atoms with Crippen molar-refractivity contribution >= 4 is 41.5 Å². The van der Waals surface area contributed by atoms with Crippen molar-refractivity contribution in [1.82, 2.24) is 0 Å². The quantitative estimate of drug-likeness (QED) is 0.191. The van der Waals surface area contributed by atoms with E-state index in [4.69, 9.17) is 20.4 Å². The monoisotopic (exact) mass is 262 g/mol. The van der Waals surface area contributed by atoms with Crippen molar-refractivity contribution in [3.63, 3.8) is 0 Å². The van der Waals surface area contributed by atoms with E-state index >= 15 is 0 Å². The number of hydrogen-bond acceptors (Lipinski definition) is 8. The molecule has 0 amide bonds. The van der Waals surface area contributed by atoms with Gasteiger partial charge in [0.15, 0.2) is 6.10 Å². The molecule has 0 aromatic carbocycles. The third-order valence-electron chi connectivity index (χ3n) is 1.74. The summed E-state index contributed by atoms with van der Waals surface area (Å²) in [5.41, 5.74) is 0. The van der Waals surface area contributed by atoms with Crippen LogP contribution in [0.25, 0.3) is 0 Å². The van der Waals surface area contributed by atoms with E-state index in [0.717, 1.165) is 6.92 Å². The third kappa shape index (κ3) is 6.43. The topological polar surface area (TPSA) is 145 Å². The van der Waals surface area contributed by atoms with E-state index in [2.05, 4.69) is 4.74 Å². The van der Waals surface area contributed by atoms with Crippen LogP contribution < -0.4 is 0 Å². The van der Waals surface area contributed by atoms with Crippen LogP contribution in [-0.2, 0) is 14.3 Å². The zero-order valence-electron chi connectivity index (χ0n) is 8.48. The maximum atomic E-state index is 10.9. The van der Waals surface area contributed by atoms with Gasteiger partial charge in [0, 0.05) is 6.92 Å². The van der Waals surface area contributed by atoms with Gasteiger partial charge < -0.3 is 30.3 Å². The van der Waals surface area contributed by atoms with Crippen molar-refractivity contribution in [1.29, 1.82) is 0 Å². The van der Waals surface area contributed by atoms with Gasteiger partial charge in [-0.2, -0.15) is 0 Å². The van der Waals surface area contributed by atoms with E-state index in [1.165, 1.54) is 0 Å². The fourth-order valence-electron chi connectivity index (χ4n) is 0.864. The zero-order chi connectivity index (χ0) is 12.9. The summed E-state index contributed by atoms with van der Waals surface area (Å²) < 4.78 is 3.95. The molecule has 0 aliphatic carbocycles. The molecule has 0 aromatic heterocycles. The average Bonchev–Trinajstić information content (AvgIpc) is 2.23. The van der Waals surface area contributed by atoms with Crippen LogP contribution in [0.15, 0.2) is 0 Å². The number of carbonyl (C=O) groups excluding carboxylic acids is 2. The van der Waals surface area contributed by atoms with Crippen LogP contribution in [-0.4, -0.2) is 98.1 Å². The summed E-state index contributed by atoms with van der Waals surface area (Å²) in [5, 5.41) is 44.8. The van der Waals surface area contributed by atoms with Crippen LogP contribution in [0.4, 0.5) is 0 Å². The molecule has 0 saturated heterocycles. The van der Waals surface area contributed by atoms with E-state index in [0.29, 0.717) is 0 Å². The van der Waals surface area contributed by atoms with Crippen LogP contribution in [0.1, 0.15) is 6.92 Å². The van der Waals surface area contributed by atoms with Gasteiger partial charge in [0.2, 0.25) is 0 Å². The van der Waals surface area contributed by atoms with Gasteiger partial charge in [-0.1, -0.05) is 0 Å². The molecule has 0 fully saturated rings. The van der Waals surface area contributed by atoms with Gasteiger partial charge in [-0.25, -0.2) is 4.79 Å². The van der Waals surface area contributed by atoms with Crippen molar-refractivity contribution in [3.8, 4) is 0 Å². The predicted molar refractivity (Wildman–Crippen MR) is 55.0 cm³/mol. The third-order valence-corrected chi connectivity index (χ3v) is 1.74. The molecule has 0 saturated carbocycles. The molecule has 4 atom stereocenters. The number of aliphatic hydroxyl groups excluding tert-OH is 5. The summed E-state index contributed by atoms with van der Waals surface area (Å²) in [5.74, 6) is -2.45. The molecule has 0 radical (unpaired) electrons. The molecule has 8 nitrogen and oxygen atoms in total. The number of aliphatic hydroxyl groups is 5. The number of carbonyl (C=O) groups is 2. The van der Waals surface area contributed by atoms with Crippen molar-refractivity contribution in [3.05, 3.63) is 0 Å². The second-order valence-electron chi connectivity index (χ2n) is 3.09. The summed E-state index contributed by atoms with van der Waals surface area (Å²) in [6, 6.07) is 0. The molecule has 9 heteroatoms. The Bertz CT molecular complexity index is 258. The molecular weight excluding hydrogens is 247 g/mol. The Morgan fingerprint density at radius 3 is 1.94 bits per heavy atom. The average molecular weight is 262 g/mol. The summed E-state index contributed by atoms with van der Waals surface area (Å²) in [6.45, 7) is 0.0443. The van der Waals surface area contributed by atoms with Gasteiger partial charge in [0.25, 0.3) is 0 Å². The second-order valence-corrected chi connectivity index (χ2v) is 3.09. The van der Waals surface area contributed by atoms with Gasteiger partial charge in [-0.05, 0) is 0 Å². The van der Waals surface area contributed by atoms with Crippen LogP contribution in [0, 0.1) is 0 Å². The van der Waals surface area contributed by atoms with Gasteiger partial charge in [-0.3, -0.25) is 4.79 Å². The number of esters is 2. The molecule has 0 unspecified atom stereocenters. The van der Waals surface area contributed by atoms with E-state index in [-0.39, 0.29) is 29.6 Å². The van der Waals surface area contributed by atoms with E-state index in [1.807, 2.05) is 0 Å². The first-order valence-electron chi connectivity index (χ1n) is 4.36. The number of rotatable bonds is 5. The fourth-order valence-corrected chi connectivity index (χ4v) is 0.864. The SMILES string of the molecule is CC(=O)OC(=O)[C@H](O)[C@@H](O)[C@H](O)[C@H](O)CO.[NaH]. The van der Waals surface area contributed by atoms with Gasteiger partial charge >= 0.3 is 41.5 Å². The van der Waals surface area contributed by atoms with Crippen LogP contribution in [0.2, 0.25) is 0 Å².